The van der Waals surface area contributed by atoms with Crippen molar-refractivity contribution >= 4 is 5.69 Å². The number of nitro benzene ring substituents is 1. The summed E-state index contributed by atoms with van der Waals surface area (Å²) in [6.45, 7) is 3.67. The lowest BCUT2D eigenvalue weighted by atomic mass is 9.97. The minimum absolute atomic E-state index is 0.124. The molecule has 1 aromatic rings. The molecule has 2 N–H and O–H groups in total. The van der Waals surface area contributed by atoms with Gasteiger partial charge in [-0.15, -0.1) is 0 Å². The van der Waals surface area contributed by atoms with E-state index >= 15 is 0 Å². The highest BCUT2D eigenvalue weighted by Crippen LogP contribution is 2.21. The number of hydrogen-bond donors (Lipinski definition) is 2. The Labute approximate surface area is 101 Å². The summed E-state index contributed by atoms with van der Waals surface area (Å²) in [6.07, 6.45) is 0.942. The molecule has 1 rings (SSSR count). The van der Waals surface area contributed by atoms with Gasteiger partial charge in [0.15, 0.2) is 0 Å². The van der Waals surface area contributed by atoms with Crippen LogP contribution in [0, 0.1) is 10.1 Å². The second-order valence-corrected chi connectivity index (χ2v) is 4.01. The van der Waals surface area contributed by atoms with Gasteiger partial charge in [0.2, 0.25) is 0 Å². The second kappa shape index (κ2) is 6.98. The summed E-state index contributed by atoms with van der Waals surface area (Å²) >= 11 is 0. The van der Waals surface area contributed by atoms with Crippen molar-refractivity contribution in [3.05, 3.63) is 39.9 Å². The monoisotopic (exact) mass is 238 g/mol. The zero-order valence-corrected chi connectivity index (χ0v) is 9.93. The predicted molar refractivity (Wildman–Crippen MR) is 66.1 cm³/mol. The highest BCUT2D eigenvalue weighted by atomic mass is 16.6. The molecule has 0 heterocycles. The summed E-state index contributed by atoms with van der Waals surface area (Å²) in [7, 11) is 0. The van der Waals surface area contributed by atoms with Gasteiger partial charge in [-0.2, -0.15) is 0 Å². The lowest BCUT2D eigenvalue weighted by molar-refractivity contribution is -0.384. The number of benzene rings is 1. The van der Waals surface area contributed by atoms with E-state index in [0.717, 1.165) is 18.5 Å². The van der Waals surface area contributed by atoms with Gasteiger partial charge in [0.05, 0.1) is 11.5 Å². The van der Waals surface area contributed by atoms with Crippen molar-refractivity contribution in [3.63, 3.8) is 0 Å². The minimum atomic E-state index is -0.392. The van der Waals surface area contributed by atoms with Gasteiger partial charge in [-0.1, -0.05) is 19.1 Å². The van der Waals surface area contributed by atoms with Crippen molar-refractivity contribution < 1.29 is 10.0 Å². The number of non-ortho nitro benzene ring substituents is 1. The van der Waals surface area contributed by atoms with Crippen molar-refractivity contribution in [2.24, 2.45) is 0 Å². The van der Waals surface area contributed by atoms with E-state index in [1.54, 1.807) is 12.1 Å². The van der Waals surface area contributed by atoms with Gasteiger partial charge in [-0.05, 0) is 24.4 Å². The van der Waals surface area contributed by atoms with Gasteiger partial charge in [-0.25, -0.2) is 0 Å². The summed E-state index contributed by atoms with van der Waals surface area (Å²) in [6, 6.07) is 6.67. The zero-order chi connectivity index (χ0) is 12.7. The third-order valence-electron chi connectivity index (χ3n) is 2.72. The Bertz CT molecular complexity index is 351. The molecule has 0 unspecified atom stereocenters. The zero-order valence-electron chi connectivity index (χ0n) is 9.93. The molecule has 1 atom stereocenters. The Morgan fingerprint density at radius 2 is 2.00 bits per heavy atom. The molecule has 0 amide bonds. The van der Waals surface area contributed by atoms with Crippen molar-refractivity contribution in [2.45, 2.75) is 19.3 Å². The van der Waals surface area contributed by atoms with Gasteiger partial charge >= 0.3 is 0 Å². The van der Waals surface area contributed by atoms with Crippen LogP contribution in [0.1, 0.15) is 24.8 Å². The molecule has 0 aliphatic heterocycles. The SMILES string of the molecule is C[C@H](CCNCCO)c1ccc([N+](=O)[O-])cc1. The van der Waals surface area contributed by atoms with Crippen LogP contribution >= 0.6 is 0 Å². The molecule has 0 fully saturated rings. The van der Waals surface area contributed by atoms with E-state index in [4.69, 9.17) is 5.11 Å². The van der Waals surface area contributed by atoms with Crippen LogP contribution in [0.15, 0.2) is 24.3 Å². The van der Waals surface area contributed by atoms with Crippen molar-refractivity contribution in [3.8, 4) is 0 Å². The molecule has 17 heavy (non-hydrogen) atoms. The largest absolute Gasteiger partial charge is 0.395 e. The Morgan fingerprint density at radius 3 is 2.53 bits per heavy atom. The average Bonchev–Trinajstić information content (AvgIpc) is 2.34. The molecular formula is C12H18N2O3. The van der Waals surface area contributed by atoms with Crippen LogP contribution in [0.5, 0.6) is 0 Å². The number of nitro groups is 1. The molecular weight excluding hydrogens is 220 g/mol. The molecule has 0 spiro atoms. The van der Waals surface area contributed by atoms with Crippen LogP contribution in [-0.2, 0) is 0 Å². The summed E-state index contributed by atoms with van der Waals surface area (Å²) in [5.41, 5.74) is 1.22. The number of nitrogens with one attached hydrogen (secondary N) is 1. The van der Waals surface area contributed by atoms with Crippen LogP contribution in [-0.4, -0.2) is 29.7 Å². The van der Waals surface area contributed by atoms with Gasteiger partial charge in [0, 0.05) is 18.7 Å². The summed E-state index contributed by atoms with van der Waals surface area (Å²) in [5.74, 6) is 0.349. The van der Waals surface area contributed by atoms with E-state index in [1.807, 2.05) is 0 Å². The van der Waals surface area contributed by atoms with E-state index in [9.17, 15) is 10.1 Å². The van der Waals surface area contributed by atoms with Crippen LogP contribution < -0.4 is 5.32 Å². The first kappa shape index (κ1) is 13.6. The number of hydrogen-bond acceptors (Lipinski definition) is 4. The van der Waals surface area contributed by atoms with Gasteiger partial charge < -0.3 is 10.4 Å². The predicted octanol–water partition coefficient (Wildman–Crippen LogP) is 1.67. The molecule has 1 aromatic carbocycles. The first-order chi connectivity index (χ1) is 8.15. The standard InChI is InChI=1S/C12H18N2O3/c1-10(6-7-13-8-9-15)11-2-4-12(5-3-11)14(16)17/h2-5,10,13,15H,6-9H2,1H3/t10-/m1/s1. The summed E-state index contributed by atoms with van der Waals surface area (Å²) < 4.78 is 0. The maximum atomic E-state index is 10.5. The van der Waals surface area contributed by atoms with Crippen molar-refractivity contribution in [1.29, 1.82) is 0 Å². The molecule has 0 saturated heterocycles. The maximum absolute atomic E-state index is 10.5. The van der Waals surface area contributed by atoms with Crippen LogP contribution in [0.3, 0.4) is 0 Å². The highest BCUT2D eigenvalue weighted by molar-refractivity contribution is 5.34. The van der Waals surface area contributed by atoms with Gasteiger partial charge in [0.1, 0.15) is 0 Å². The van der Waals surface area contributed by atoms with Crippen LogP contribution in [0.4, 0.5) is 5.69 Å². The summed E-state index contributed by atoms with van der Waals surface area (Å²) in [4.78, 5) is 10.1. The Balaban J connectivity index is 2.46. The average molecular weight is 238 g/mol. The van der Waals surface area contributed by atoms with Crippen LogP contribution in [0.2, 0.25) is 0 Å². The lowest BCUT2D eigenvalue weighted by Gasteiger charge is -2.11. The first-order valence-electron chi connectivity index (χ1n) is 5.71. The first-order valence-corrected chi connectivity index (χ1v) is 5.71. The van der Waals surface area contributed by atoms with Gasteiger partial charge in [0.25, 0.3) is 5.69 Å². The Hall–Kier alpha value is -1.46. The van der Waals surface area contributed by atoms with E-state index in [2.05, 4.69) is 12.2 Å². The smallest absolute Gasteiger partial charge is 0.269 e. The number of nitrogens with zero attached hydrogens (tertiary/aromatic N) is 1. The second-order valence-electron chi connectivity index (χ2n) is 4.01. The van der Waals surface area contributed by atoms with Crippen LogP contribution in [0.25, 0.3) is 0 Å². The van der Waals surface area contributed by atoms with E-state index in [1.165, 1.54) is 12.1 Å². The fraction of sp³-hybridized carbons (Fsp3) is 0.500. The molecule has 0 aliphatic carbocycles. The number of rotatable bonds is 7. The molecule has 0 saturated carbocycles. The van der Waals surface area contributed by atoms with Crippen molar-refractivity contribution in [1.82, 2.24) is 5.32 Å². The molecule has 0 radical (unpaired) electrons. The number of aliphatic hydroxyl groups excluding tert-OH is 1. The highest BCUT2D eigenvalue weighted by Gasteiger charge is 2.08. The fourth-order valence-electron chi connectivity index (χ4n) is 1.61. The normalized spacial score (nSPS) is 12.4. The molecule has 0 bridgehead atoms. The van der Waals surface area contributed by atoms with Crippen molar-refractivity contribution in [2.75, 3.05) is 19.7 Å². The van der Waals surface area contributed by atoms with Gasteiger partial charge in [-0.3, -0.25) is 10.1 Å². The third-order valence-corrected chi connectivity index (χ3v) is 2.72. The molecule has 0 aliphatic rings. The fourth-order valence-corrected chi connectivity index (χ4v) is 1.61. The molecule has 94 valence electrons. The molecule has 5 nitrogen and oxygen atoms in total. The Morgan fingerprint density at radius 1 is 1.35 bits per heavy atom. The molecule has 0 aromatic heterocycles. The Kier molecular flexibility index (Phi) is 5.59. The quantitative estimate of drug-likeness (QED) is 0.430. The third kappa shape index (κ3) is 4.50. The van der Waals surface area contributed by atoms with E-state index < -0.39 is 4.92 Å². The van der Waals surface area contributed by atoms with E-state index in [0.29, 0.717) is 12.5 Å². The maximum Gasteiger partial charge on any atom is 0.269 e. The topological polar surface area (TPSA) is 75.4 Å². The molecule has 5 heteroatoms. The number of aliphatic hydroxyl groups is 1. The lowest BCUT2D eigenvalue weighted by Crippen LogP contribution is -2.20. The van der Waals surface area contributed by atoms with E-state index in [-0.39, 0.29) is 12.3 Å². The minimum Gasteiger partial charge on any atom is -0.395 e. The summed E-state index contributed by atoms with van der Waals surface area (Å²) in [5, 5.41) is 22.2.